The van der Waals surface area contributed by atoms with Crippen molar-refractivity contribution in [1.29, 1.82) is 5.26 Å². The van der Waals surface area contributed by atoms with Gasteiger partial charge in [0.05, 0.1) is 11.3 Å². The summed E-state index contributed by atoms with van der Waals surface area (Å²) in [6.45, 7) is -1.30. The lowest BCUT2D eigenvalue weighted by Gasteiger charge is -2.09. The molecule has 1 aromatic heterocycles. The molecule has 1 heterocycles. The monoisotopic (exact) mass is 278 g/mol. The number of carbonyl (C=O) groups is 1. The number of rotatable bonds is 3. The van der Waals surface area contributed by atoms with E-state index in [1.807, 2.05) is 0 Å². The van der Waals surface area contributed by atoms with Crippen LogP contribution in [0, 0.1) is 11.3 Å². The van der Waals surface area contributed by atoms with Gasteiger partial charge in [-0.25, -0.2) is 0 Å². The molecule has 1 rings (SSSR count). The molecule has 0 fully saturated rings. The molecule has 1 amide bonds. The number of nitrogens with zero attached hydrogens (tertiary/aromatic N) is 1. The van der Waals surface area contributed by atoms with Crippen LogP contribution in [0.15, 0.2) is 0 Å². The van der Waals surface area contributed by atoms with Gasteiger partial charge in [-0.3, -0.25) is 4.79 Å². The summed E-state index contributed by atoms with van der Waals surface area (Å²) >= 11 is 0.712. The van der Waals surface area contributed by atoms with Crippen molar-refractivity contribution in [3.8, 4) is 6.07 Å². The summed E-state index contributed by atoms with van der Waals surface area (Å²) in [6.07, 6.45) is -4.43. The maximum Gasteiger partial charge on any atom is 0.405 e. The predicted molar refractivity (Wildman–Crippen MR) is 61.4 cm³/mol. The Bertz CT molecular complexity index is 503. The minimum atomic E-state index is -4.43. The number of anilines is 2. The van der Waals surface area contributed by atoms with Gasteiger partial charge < -0.3 is 16.4 Å². The summed E-state index contributed by atoms with van der Waals surface area (Å²) < 4.78 is 36.3. The van der Waals surface area contributed by atoms with E-state index in [0.29, 0.717) is 11.3 Å². The molecule has 1 aromatic rings. The van der Waals surface area contributed by atoms with Gasteiger partial charge >= 0.3 is 6.18 Å². The Morgan fingerprint density at radius 2 is 2.17 bits per heavy atom. The average molecular weight is 278 g/mol. The summed E-state index contributed by atoms with van der Waals surface area (Å²) in [5.74, 6) is -0.644. The number of alkyl halides is 3. The van der Waals surface area contributed by atoms with Crippen molar-refractivity contribution in [3.05, 3.63) is 10.4 Å². The molecule has 0 spiro atoms. The first-order valence-corrected chi connectivity index (χ1v) is 5.47. The van der Waals surface area contributed by atoms with Gasteiger partial charge in [-0.05, 0) is 0 Å². The minimum absolute atomic E-state index is 0.00160. The number of halogens is 3. The molecule has 0 bridgehead atoms. The highest BCUT2D eigenvalue weighted by Crippen LogP contribution is 2.35. The lowest BCUT2D eigenvalue weighted by atomic mass is 10.2. The first kappa shape index (κ1) is 14.1. The maximum absolute atomic E-state index is 12.1. The Balaban J connectivity index is 3.11. The van der Waals surface area contributed by atoms with Crippen LogP contribution in [0.3, 0.4) is 0 Å². The number of carbonyl (C=O) groups excluding carboxylic acids is 1. The smallest absolute Gasteiger partial charge is 0.396 e. The van der Waals surface area contributed by atoms with Gasteiger partial charge in [0, 0.05) is 7.05 Å². The standard InChI is InChI=1S/C9H9F3N4OS/c1-15-7(17)5-6(14)4(2-13)18-8(5)16-3-9(10,11)12/h16H,3,14H2,1H3,(H,15,17). The van der Waals surface area contributed by atoms with Crippen molar-refractivity contribution in [2.24, 2.45) is 0 Å². The Labute approximate surface area is 104 Å². The largest absolute Gasteiger partial charge is 0.405 e. The number of nitriles is 1. The van der Waals surface area contributed by atoms with E-state index >= 15 is 0 Å². The van der Waals surface area contributed by atoms with Crippen LogP contribution >= 0.6 is 11.3 Å². The molecule has 0 aliphatic carbocycles. The van der Waals surface area contributed by atoms with E-state index in [0.717, 1.165) is 0 Å². The van der Waals surface area contributed by atoms with Gasteiger partial charge in [0.1, 0.15) is 22.5 Å². The molecule has 0 radical (unpaired) electrons. The third-order valence-electron chi connectivity index (χ3n) is 1.95. The van der Waals surface area contributed by atoms with Crippen molar-refractivity contribution in [2.75, 3.05) is 24.6 Å². The van der Waals surface area contributed by atoms with E-state index < -0.39 is 18.6 Å². The Kier molecular flexibility index (Phi) is 4.03. The van der Waals surface area contributed by atoms with Crippen LogP contribution in [0.25, 0.3) is 0 Å². The van der Waals surface area contributed by atoms with Crippen LogP contribution in [-0.2, 0) is 0 Å². The fourth-order valence-corrected chi connectivity index (χ4v) is 2.09. The Morgan fingerprint density at radius 1 is 1.56 bits per heavy atom. The van der Waals surface area contributed by atoms with Crippen LogP contribution in [0.2, 0.25) is 0 Å². The fraction of sp³-hybridized carbons (Fsp3) is 0.333. The van der Waals surface area contributed by atoms with Crippen LogP contribution in [0.4, 0.5) is 23.9 Å². The van der Waals surface area contributed by atoms with Gasteiger partial charge in [0.15, 0.2) is 0 Å². The molecular formula is C9H9F3N4OS. The Morgan fingerprint density at radius 3 is 2.61 bits per heavy atom. The van der Waals surface area contributed by atoms with Crippen molar-refractivity contribution in [2.45, 2.75) is 6.18 Å². The molecule has 0 unspecified atom stereocenters. The molecule has 5 nitrogen and oxygen atoms in total. The lowest BCUT2D eigenvalue weighted by Crippen LogP contribution is -2.24. The van der Waals surface area contributed by atoms with Gasteiger partial charge in [-0.2, -0.15) is 18.4 Å². The second-order valence-corrected chi connectivity index (χ2v) is 4.23. The van der Waals surface area contributed by atoms with Crippen molar-refractivity contribution < 1.29 is 18.0 Å². The summed E-state index contributed by atoms with van der Waals surface area (Å²) in [5, 5.41) is 13.0. The van der Waals surface area contributed by atoms with Crippen LogP contribution in [-0.4, -0.2) is 25.7 Å². The quantitative estimate of drug-likeness (QED) is 0.782. The van der Waals surface area contributed by atoms with Gasteiger partial charge in [0.2, 0.25) is 0 Å². The van der Waals surface area contributed by atoms with E-state index in [4.69, 9.17) is 11.0 Å². The van der Waals surface area contributed by atoms with Crippen molar-refractivity contribution in [1.82, 2.24) is 5.32 Å². The highest BCUT2D eigenvalue weighted by molar-refractivity contribution is 7.17. The van der Waals surface area contributed by atoms with E-state index in [1.165, 1.54) is 7.05 Å². The van der Waals surface area contributed by atoms with Crippen LogP contribution in [0.1, 0.15) is 15.2 Å². The zero-order valence-corrected chi connectivity index (χ0v) is 10.00. The predicted octanol–water partition coefficient (Wildman–Crippen LogP) is 1.54. The maximum atomic E-state index is 12.1. The average Bonchev–Trinajstić information content (AvgIpc) is 2.61. The molecule has 0 aliphatic heterocycles. The summed E-state index contributed by atoms with van der Waals surface area (Å²) in [6, 6.07) is 1.72. The van der Waals surface area contributed by atoms with E-state index in [9.17, 15) is 18.0 Å². The number of hydrogen-bond acceptors (Lipinski definition) is 5. The van der Waals surface area contributed by atoms with E-state index in [-0.39, 0.29) is 21.1 Å². The first-order valence-electron chi connectivity index (χ1n) is 4.65. The number of amides is 1. The molecule has 4 N–H and O–H groups in total. The molecule has 98 valence electrons. The third-order valence-corrected chi connectivity index (χ3v) is 3.02. The lowest BCUT2D eigenvalue weighted by molar-refractivity contribution is -0.115. The molecule has 0 saturated heterocycles. The summed E-state index contributed by atoms with van der Waals surface area (Å²) in [7, 11) is 1.32. The molecule has 0 aromatic carbocycles. The molecule has 0 saturated carbocycles. The topological polar surface area (TPSA) is 90.9 Å². The van der Waals surface area contributed by atoms with Crippen molar-refractivity contribution in [3.63, 3.8) is 0 Å². The number of nitrogen functional groups attached to an aromatic ring is 1. The molecule has 18 heavy (non-hydrogen) atoms. The molecular weight excluding hydrogens is 269 g/mol. The zero-order chi connectivity index (χ0) is 13.9. The summed E-state index contributed by atoms with van der Waals surface area (Å²) in [4.78, 5) is 11.5. The van der Waals surface area contributed by atoms with Crippen LogP contribution in [0.5, 0.6) is 0 Å². The highest BCUT2D eigenvalue weighted by Gasteiger charge is 2.29. The van der Waals surface area contributed by atoms with Gasteiger partial charge in [0.25, 0.3) is 5.91 Å². The normalized spacial score (nSPS) is 10.8. The number of nitrogens with two attached hydrogens (primary N) is 1. The van der Waals surface area contributed by atoms with Gasteiger partial charge in [-0.15, -0.1) is 11.3 Å². The molecule has 9 heteroatoms. The third kappa shape index (κ3) is 3.04. The number of nitrogens with one attached hydrogen (secondary N) is 2. The zero-order valence-electron chi connectivity index (χ0n) is 9.18. The number of hydrogen-bond donors (Lipinski definition) is 3. The highest BCUT2D eigenvalue weighted by atomic mass is 32.1. The van der Waals surface area contributed by atoms with E-state index in [2.05, 4.69) is 10.6 Å². The fourth-order valence-electron chi connectivity index (χ4n) is 1.18. The second-order valence-electron chi connectivity index (χ2n) is 3.21. The van der Waals surface area contributed by atoms with Gasteiger partial charge in [-0.1, -0.05) is 0 Å². The summed E-state index contributed by atoms with van der Waals surface area (Å²) in [5.41, 5.74) is 5.28. The van der Waals surface area contributed by atoms with Crippen LogP contribution < -0.4 is 16.4 Å². The second kappa shape index (κ2) is 5.14. The van der Waals surface area contributed by atoms with E-state index in [1.54, 1.807) is 6.07 Å². The first-order chi connectivity index (χ1) is 8.30. The Hall–Kier alpha value is -1.95. The molecule has 0 atom stereocenters. The minimum Gasteiger partial charge on any atom is -0.396 e. The SMILES string of the molecule is CNC(=O)c1c(NCC(F)(F)F)sc(C#N)c1N. The molecule has 0 aliphatic rings. The number of thiophene rings is 1. The van der Waals surface area contributed by atoms with Crippen molar-refractivity contribution >= 4 is 27.9 Å².